The van der Waals surface area contributed by atoms with Crippen LogP contribution in [0.4, 0.5) is 4.79 Å². The average molecular weight is 392 g/mol. The molecule has 1 unspecified atom stereocenters. The molecule has 0 spiro atoms. The number of fused-ring (bicyclic) bond motifs is 1. The Morgan fingerprint density at radius 3 is 2.78 bits per heavy atom. The highest BCUT2D eigenvalue weighted by atomic mass is 35.5. The van der Waals surface area contributed by atoms with Gasteiger partial charge in [-0.2, -0.15) is 5.26 Å². The molecule has 0 bridgehead atoms. The highest BCUT2D eigenvalue weighted by Gasteiger charge is 2.26. The zero-order valence-electron chi connectivity index (χ0n) is 16.0. The third-order valence-electron chi connectivity index (χ3n) is 4.43. The van der Waals surface area contributed by atoms with Crippen molar-refractivity contribution in [1.29, 1.82) is 5.26 Å². The summed E-state index contributed by atoms with van der Waals surface area (Å²) in [5.41, 5.74) is 2.45. The van der Waals surface area contributed by atoms with Crippen LogP contribution < -0.4 is 5.32 Å². The first-order chi connectivity index (χ1) is 12.7. The van der Waals surface area contributed by atoms with Crippen molar-refractivity contribution in [1.82, 2.24) is 10.2 Å². The lowest BCUT2D eigenvalue weighted by atomic mass is 9.99. The second-order valence-electron chi connectivity index (χ2n) is 7.66. The van der Waals surface area contributed by atoms with Crippen molar-refractivity contribution in [2.24, 2.45) is 0 Å². The van der Waals surface area contributed by atoms with Crippen molar-refractivity contribution in [3.05, 3.63) is 34.9 Å². The molecule has 6 nitrogen and oxygen atoms in total. The Hall–Kier alpha value is -2.26. The number of aryl methyl sites for hydroxylation is 1. The number of carbonyl (C=O) groups is 2. The van der Waals surface area contributed by atoms with Crippen LogP contribution in [-0.2, 0) is 16.0 Å². The monoisotopic (exact) mass is 391 g/mol. The number of carbonyl (C=O) groups excluding carboxylic acids is 2. The van der Waals surface area contributed by atoms with Crippen molar-refractivity contribution in [3.63, 3.8) is 0 Å². The first-order valence-corrected chi connectivity index (χ1v) is 9.60. The van der Waals surface area contributed by atoms with Crippen LogP contribution in [0.1, 0.15) is 49.8 Å². The standard InChI is InChI=1S/C20H26ClN3O3/c1-20(2,3)27-19(26)23-8-9-24(18(25)11-21)13-16-6-5-15-10-14(12-22)4-7-17(15)16/h4,7,10,16H,5-6,8-9,11,13H2,1-3H3,(H,23,26). The number of alkyl carbamates (subject to hydrolysis) is 1. The van der Waals surface area contributed by atoms with Crippen LogP contribution in [0.15, 0.2) is 18.2 Å². The first kappa shape index (κ1) is 21.0. The van der Waals surface area contributed by atoms with E-state index in [4.69, 9.17) is 21.6 Å². The fourth-order valence-electron chi connectivity index (χ4n) is 3.24. The Kier molecular flexibility index (Phi) is 7.09. The number of hydrogen-bond acceptors (Lipinski definition) is 4. The van der Waals surface area contributed by atoms with Crippen LogP contribution in [0.2, 0.25) is 0 Å². The number of nitrogens with one attached hydrogen (secondary N) is 1. The number of nitrogens with zero attached hydrogens (tertiary/aromatic N) is 2. The summed E-state index contributed by atoms with van der Waals surface area (Å²) in [6, 6.07) is 7.88. The van der Waals surface area contributed by atoms with Gasteiger partial charge in [0, 0.05) is 25.6 Å². The molecule has 2 amide bonds. The molecule has 0 heterocycles. The lowest BCUT2D eigenvalue weighted by Gasteiger charge is -2.26. The predicted octanol–water partition coefficient (Wildman–Crippen LogP) is 3.18. The van der Waals surface area contributed by atoms with Crippen molar-refractivity contribution in [2.45, 2.75) is 45.1 Å². The van der Waals surface area contributed by atoms with E-state index in [2.05, 4.69) is 11.4 Å². The highest BCUT2D eigenvalue weighted by molar-refractivity contribution is 6.27. The molecule has 0 aromatic heterocycles. The van der Waals surface area contributed by atoms with Crippen LogP contribution >= 0.6 is 11.6 Å². The number of amides is 2. The summed E-state index contributed by atoms with van der Waals surface area (Å²) in [5, 5.41) is 11.7. The molecular weight excluding hydrogens is 366 g/mol. The number of alkyl halides is 1. The van der Waals surface area contributed by atoms with Gasteiger partial charge in [0.25, 0.3) is 0 Å². The molecule has 0 saturated heterocycles. The number of nitriles is 1. The number of rotatable bonds is 6. The van der Waals surface area contributed by atoms with Crippen molar-refractivity contribution >= 4 is 23.6 Å². The molecule has 1 aromatic rings. The minimum absolute atomic E-state index is 0.0978. The Morgan fingerprint density at radius 1 is 1.41 bits per heavy atom. The van der Waals surface area contributed by atoms with Crippen LogP contribution in [0.3, 0.4) is 0 Å². The van der Waals surface area contributed by atoms with E-state index in [1.807, 2.05) is 18.2 Å². The van der Waals surface area contributed by atoms with Crippen LogP contribution in [0, 0.1) is 11.3 Å². The molecule has 146 valence electrons. The quantitative estimate of drug-likeness (QED) is 0.755. The number of benzene rings is 1. The van der Waals surface area contributed by atoms with E-state index >= 15 is 0 Å². The SMILES string of the molecule is CC(C)(C)OC(=O)NCCN(CC1CCc2cc(C#N)ccc21)C(=O)CCl. The summed E-state index contributed by atoms with van der Waals surface area (Å²) in [7, 11) is 0. The molecule has 1 N–H and O–H groups in total. The molecule has 1 atom stereocenters. The Bertz CT molecular complexity index is 737. The van der Waals surface area contributed by atoms with E-state index in [1.165, 1.54) is 11.1 Å². The first-order valence-electron chi connectivity index (χ1n) is 9.07. The van der Waals surface area contributed by atoms with E-state index in [9.17, 15) is 9.59 Å². The third kappa shape index (κ3) is 6.14. The fraction of sp³-hybridized carbons (Fsp3) is 0.550. The van der Waals surface area contributed by atoms with Crippen LogP contribution in [0.25, 0.3) is 0 Å². The maximum atomic E-state index is 12.2. The normalized spacial score (nSPS) is 15.6. The van der Waals surface area contributed by atoms with E-state index in [-0.39, 0.29) is 17.7 Å². The van der Waals surface area contributed by atoms with Gasteiger partial charge in [0.2, 0.25) is 5.91 Å². The van der Waals surface area contributed by atoms with Gasteiger partial charge in [0.1, 0.15) is 11.5 Å². The van der Waals surface area contributed by atoms with E-state index < -0.39 is 11.7 Å². The van der Waals surface area contributed by atoms with Gasteiger partial charge in [-0.3, -0.25) is 4.79 Å². The molecule has 0 saturated carbocycles. The molecule has 1 aromatic carbocycles. The summed E-state index contributed by atoms with van der Waals surface area (Å²) in [6.45, 7) is 6.60. The van der Waals surface area contributed by atoms with E-state index in [0.717, 1.165) is 12.8 Å². The van der Waals surface area contributed by atoms with Crippen molar-refractivity contribution < 1.29 is 14.3 Å². The third-order valence-corrected chi connectivity index (χ3v) is 4.66. The summed E-state index contributed by atoms with van der Waals surface area (Å²) in [5.74, 6) is -0.0504. The van der Waals surface area contributed by atoms with Gasteiger partial charge in [-0.05, 0) is 56.9 Å². The van der Waals surface area contributed by atoms with Gasteiger partial charge < -0.3 is 15.0 Å². The number of ether oxygens (including phenoxy) is 1. The van der Waals surface area contributed by atoms with Gasteiger partial charge >= 0.3 is 6.09 Å². The molecule has 7 heteroatoms. The van der Waals surface area contributed by atoms with Crippen LogP contribution in [0.5, 0.6) is 0 Å². The Labute approximate surface area is 165 Å². The Balaban J connectivity index is 1.96. The van der Waals surface area contributed by atoms with Crippen LogP contribution in [-0.4, -0.2) is 48.0 Å². The largest absolute Gasteiger partial charge is 0.444 e. The maximum absolute atomic E-state index is 12.2. The van der Waals surface area contributed by atoms with Gasteiger partial charge in [-0.15, -0.1) is 11.6 Å². The molecule has 1 aliphatic rings. The summed E-state index contributed by atoms with van der Waals surface area (Å²) in [4.78, 5) is 25.7. The Morgan fingerprint density at radius 2 is 2.15 bits per heavy atom. The minimum atomic E-state index is -0.564. The summed E-state index contributed by atoms with van der Waals surface area (Å²) in [6.07, 6.45) is 1.32. The average Bonchev–Trinajstić information content (AvgIpc) is 3.00. The molecule has 1 aliphatic carbocycles. The molecular formula is C20H26ClN3O3. The van der Waals surface area contributed by atoms with Crippen molar-refractivity contribution in [2.75, 3.05) is 25.5 Å². The summed E-state index contributed by atoms with van der Waals surface area (Å²) >= 11 is 5.76. The fourth-order valence-corrected chi connectivity index (χ4v) is 3.41. The second kappa shape index (κ2) is 9.09. The molecule has 2 rings (SSSR count). The predicted molar refractivity (Wildman–Crippen MR) is 104 cm³/mol. The van der Waals surface area contributed by atoms with E-state index in [1.54, 1.807) is 25.7 Å². The lowest BCUT2D eigenvalue weighted by Crippen LogP contribution is -2.42. The highest BCUT2D eigenvalue weighted by Crippen LogP contribution is 2.34. The van der Waals surface area contributed by atoms with Gasteiger partial charge in [0.15, 0.2) is 0 Å². The zero-order chi connectivity index (χ0) is 20.0. The zero-order valence-corrected chi connectivity index (χ0v) is 16.8. The summed E-state index contributed by atoms with van der Waals surface area (Å²) < 4.78 is 5.20. The lowest BCUT2D eigenvalue weighted by molar-refractivity contribution is -0.128. The minimum Gasteiger partial charge on any atom is -0.444 e. The van der Waals surface area contributed by atoms with Crippen molar-refractivity contribution in [3.8, 4) is 6.07 Å². The number of halogens is 1. The second-order valence-corrected chi connectivity index (χ2v) is 7.93. The van der Waals surface area contributed by atoms with Gasteiger partial charge in [-0.25, -0.2) is 4.79 Å². The number of hydrogen-bond donors (Lipinski definition) is 1. The van der Waals surface area contributed by atoms with Gasteiger partial charge in [-0.1, -0.05) is 6.07 Å². The van der Waals surface area contributed by atoms with Gasteiger partial charge in [0.05, 0.1) is 11.6 Å². The molecule has 0 fully saturated rings. The smallest absolute Gasteiger partial charge is 0.407 e. The maximum Gasteiger partial charge on any atom is 0.407 e. The molecule has 27 heavy (non-hydrogen) atoms. The molecule has 0 radical (unpaired) electrons. The molecule has 0 aliphatic heterocycles. The topological polar surface area (TPSA) is 82.4 Å². The van der Waals surface area contributed by atoms with E-state index in [0.29, 0.717) is 25.2 Å².